The van der Waals surface area contributed by atoms with Gasteiger partial charge in [0.1, 0.15) is 4.90 Å². The second-order valence-electron chi connectivity index (χ2n) is 6.03. The second kappa shape index (κ2) is 7.19. The predicted octanol–water partition coefficient (Wildman–Crippen LogP) is 2.52. The standard InChI is InChI=1S/C18H16ClNO5S/c19-15-7-6-14(9-17(15)26(20,23)24)18(22)25-10-16(21)13-5-4-11-2-1-3-12(11)8-13/h4-9H,1-3,10H2,(H2,20,23,24). The molecule has 2 aromatic rings. The Bertz CT molecular complexity index is 1000. The van der Waals surface area contributed by atoms with Gasteiger partial charge in [-0.3, -0.25) is 4.79 Å². The van der Waals surface area contributed by atoms with Gasteiger partial charge in [0.15, 0.2) is 12.4 Å². The third kappa shape index (κ3) is 3.95. The lowest BCUT2D eigenvalue weighted by molar-refractivity contribution is 0.0474. The van der Waals surface area contributed by atoms with Crippen LogP contribution >= 0.6 is 11.6 Å². The number of rotatable bonds is 5. The number of carbonyl (C=O) groups excluding carboxylic acids is 2. The molecule has 0 heterocycles. The van der Waals surface area contributed by atoms with Gasteiger partial charge in [-0.15, -0.1) is 0 Å². The van der Waals surface area contributed by atoms with E-state index < -0.39 is 22.6 Å². The maximum atomic E-state index is 12.2. The van der Waals surface area contributed by atoms with Crippen LogP contribution < -0.4 is 5.14 Å². The first-order valence-electron chi connectivity index (χ1n) is 7.90. The lowest BCUT2D eigenvalue weighted by Gasteiger charge is -2.08. The number of nitrogens with two attached hydrogens (primary N) is 1. The summed E-state index contributed by atoms with van der Waals surface area (Å²) in [7, 11) is -4.08. The van der Waals surface area contributed by atoms with Crippen molar-refractivity contribution in [3.8, 4) is 0 Å². The Morgan fingerprint density at radius 2 is 1.73 bits per heavy atom. The van der Waals surface area contributed by atoms with Crippen LogP contribution in [0.4, 0.5) is 0 Å². The summed E-state index contributed by atoms with van der Waals surface area (Å²) in [4.78, 5) is 24.0. The third-order valence-electron chi connectivity index (χ3n) is 4.23. The molecular weight excluding hydrogens is 378 g/mol. The molecule has 0 saturated carbocycles. The number of Topliss-reactive ketones (excluding diaryl/α,β-unsaturated/α-hetero) is 1. The molecule has 136 valence electrons. The van der Waals surface area contributed by atoms with E-state index in [9.17, 15) is 18.0 Å². The average Bonchev–Trinajstić information content (AvgIpc) is 3.06. The monoisotopic (exact) mass is 393 g/mol. The highest BCUT2D eigenvalue weighted by atomic mass is 35.5. The number of primary sulfonamides is 1. The number of aryl methyl sites for hydroxylation is 2. The summed E-state index contributed by atoms with van der Waals surface area (Å²) in [6.45, 7) is -0.440. The van der Waals surface area contributed by atoms with Gasteiger partial charge >= 0.3 is 5.97 Å². The zero-order valence-electron chi connectivity index (χ0n) is 13.7. The molecule has 1 aliphatic rings. The molecule has 8 heteroatoms. The molecular formula is C18H16ClNO5S. The molecule has 0 atom stereocenters. The SMILES string of the molecule is NS(=O)(=O)c1cc(C(=O)OCC(=O)c2ccc3c(c2)CCC3)ccc1Cl. The van der Waals surface area contributed by atoms with Crippen molar-refractivity contribution in [2.24, 2.45) is 5.14 Å². The first-order valence-corrected chi connectivity index (χ1v) is 9.82. The summed E-state index contributed by atoms with van der Waals surface area (Å²) in [5.41, 5.74) is 2.83. The Balaban J connectivity index is 1.70. The number of hydrogen-bond acceptors (Lipinski definition) is 5. The first-order chi connectivity index (χ1) is 12.3. The highest BCUT2D eigenvalue weighted by molar-refractivity contribution is 7.89. The van der Waals surface area contributed by atoms with Gasteiger partial charge in [0.05, 0.1) is 10.6 Å². The third-order valence-corrected chi connectivity index (χ3v) is 5.62. The van der Waals surface area contributed by atoms with E-state index in [-0.39, 0.29) is 21.3 Å². The maximum absolute atomic E-state index is 12.2. The molecule has 0 radical (unpaired) electrons. The van der Waals surface area contributed by atoms with Crippen molar-refractivity contribution in [2.45, 2.75) is 24.2 Å². The van der Waals surface area contributed by atoms with Crippen LogP contribution in [0, 0.1) is 0 Å². The topological polar surface area (TPSA) is 104 Å². The Hall–Kier alpha value is -2.22. The van der Waals surface area contributed by atoms with Gasteiger partial charge in [0, 0.05) is 5.56 Å². The number of ether oxygens (including phenoxy) is 1. The van der Waals surface area contributed by atoms with Crippen molar-refractivity contribution in [1.82, 2.24) is 0 Å². The van der Waals surface area contributed by atoms with Crippen LogP contribution in [0.15, 0.2) is 41.3 Å². The van der Waals surface area contributed by atoms with Crippen LogP contribution in [-0.2, 0) is 27.6 Å². The molecule has 0 aromatic heterocycles. The number of esters is 1. The van der Waals surface area contributed by atoms with E-state index in [0.29, 0.717) is 5.56 Å². The molecule has 1 aliphatic carbocycles. The van der Waals surface area contributed by atoms with Gasteiger partial charge in [-0.25, -0.2) is 18.4 Å². The van der Waals surface area contributed by atoms with Crippen LogP contribution in [0.2, 0.25) is 5.02 Å². The lowest BCUT2D eigenvalue weighted by Crippen LogP contribution is -2.16. The Morgan fingerprint density at radius 1 is 1.04 bits per heavy atom. The molecule has 0 saturated heterocycles. The van der Waals surface area contributed by atoms with E-state index in [1.54, 1.807) is 6.07 Å². The van der Waals surface area contributed by atoms with Crippen LogP contribution in [0.1, 0.15) is 38.3 Å². The highest BCUT2D eigenvalue weighted by Crippen LogP contribution is 2.24. The number of hydrogen-bond donors (Lipinski definition) is 1. The highest BCUT2D eigenvalue weighted by Gasteiger charge is 2.19. The predicted molar refractivity (Wildman–Crippen MR) is 95.9 cm³/mol. The molecule has 0 fully saturated rings. The Labute approximate surface area is 156 Å². The molecule has 2 N–H and O–H groups in total. The minimum absolute atomic E-state index is 0.0554. The van der Waals surface area contributed by atoms with E-state index in [2.05, 4.69) is 0 Å². The quantitative estimate of drug-likeness (QED) is 0.621. The van der Waals surface area contributed by atoms with Gasteiger partial charge in [-0.05, 0) is 54.7 Å². The minimum Gasteiger partial charge on any atom is -0.454 e. The summed E-state index contributed by atoms with van der Waals surface area (Å²) in [5, 5.41) is 4.95. The number of carbonyl (C=O) groups is 2. The second-order valence-corrected chi connectivity index (χ2v) is 7.96. The first kappa shape index (κ1) is 18.6. The molecule has 0 bridgehead atoms. The molecule has 2 aromatic carbocycles. The number of sulfonamides is 1. The van der Waals surface area contributed by atoms with E-state index in [1.807, 2.05) is 12.1 Å². The number of halogens is 1. The fourth-order valence-corrected chi connectivity index (χ4v) is 3.96. The van der Waals surface area contributed by atoms with Gasteiger partial charge in [0.2, 0.25) is 10.0 Å². The molecule has 26 heavy (non-hydrogen) atoms. The van der Waals surface area contributed by atoms with Gasteiger partial charge in [-0.1, -0.05) is 23.7 Å². The largest absolute Gasteiger partial charge is 0.454 e. The Morgan fingerprint density at radius 3 is 2.46 bits per heavy atom. The summed E-state index contributed by atoms with van der Waals surface area (Å²) >= 11 is 5.77. The van der Waals surface area contributed by atoms with E-state index in [1.165, 1.54) is 17.7 Å². The smallest absolute Gasteiger partial charge is 0.338 e. The Kier molecular flexibility index (Phi) is 5.13. The number of ketones is 1. The fraction of sp³-hybridized carbons (Fsp3) is 0.222. The molecule has 3 rings (SSSR count). The average molecular weight is 394 g/mol. The van der Waals surface area contributed by atoms with Crippen molar-refractivity contribution in [3.05, 3.63) is 63.7 Å². The van der Waals surface area contributed by atoms with Crippen LogP contribution in [-0.4, -0.2) is 26.8 Å². The molecule has 0 unspecified atom stereocenters. The molecule has 0 spiro atoms. The zero-order valence-corrected chi connectivity index (χ0v) is 15.3. The van der Waals surface area contributed by atoms with E-state index in [0.717, 1.165) is 30.9 Å². The maximum Gasteiger partial charge on any atom is 0.338 e. The number of fused-ring (bicyclic) bond motifs is 1. The normalized spacial score (nSPS) is 13.3. The van der Waals surface area contributed by atoms with Crippen LogP contribution in [0.3, 0.4) is 0 Å². The molecule has 0 amide bonds. The summed E-state index contributed by atoms with van der Waals surface area (Å²) in [5.74, 6) is -1.16. The number of benzene rings is 2. The van der Waals surface area contributed by atoms with Gasteiger partial charge in [-0.2, -0.15) is 0 Å². The van der Waals surface area contributed by atoms with Crippen molar-refractivity contribution in [2.75, 3.05) is 6.61 Å². The summed E-state index contributed by atoms with van der Waals surface area (Å²) in [6, 6.07) is 9.05. The van der Waals surface area contributed by atoms with Gasteiger partial charge in [0.25, 0.3) is 0 Å². The van der Waals surface area contributed by atoms with E-state index in [4.69, 9.17) is 21.5 Å². The lowest BCUT2D eigenvalue weighted by atomic mass is 10.0. The van der Waals surface area contributed by atoms with E-state index >= 15 is 0 Å². The fourth-order valence-electron chi connectivity index (χ4n) is 2.89. The molecule has 6 nitrogen and oxygen atoms in total. The minimum atomic E-state index is -4.08. The van der Waals surface area contributed by atoms with Gasteiger partial charge < -0.3 is 4.74 Å². The van der Waals surface area contributed by atoms with Crippen molar-refractivity contribution in [3.63, 3.8) is 0 Å². The van der Waals surface area contributed by atoms with Crippen LogP contribution in [0.5, 0.6) is 0 Å². The zero-order chi connectivity index (χ0) is 18.9. The van der Waals surface area contributed by atoms with Crippen molar-refractivity contribution in [1.29, 1.82) is 0 Å². The van der Waals surface area contributed by atoms with Crippen molar-refractivity contribution >= 4 is 33.4 Å². The molecule has 0 aliphatic heterocycles. The van der Waals surface area contributed by atoms with Crippen molar-refractivity contribution < 1.29 is 22.7 Å². The summed E-state index contributed by atoms with van der Waals surface area (Å²) < 4.78 is 27.9. The van der Waals surface area contributed by atoms with Crippen LogP contribution in [0.25, 0.3) is 0 Å². The summed E-state index contributed by atoms with van der Waals surface area (Å²) in [6.07, 6.45) is 3.03.